The summed E-state index contributed by atoms with van der Waals surface area (Å²) in [7, 11) is 0. The van der Waals surface area contributed by atoms with E-state index in [-0.39, 0.29) is 18.0 Å². The summed E-state index contributed by atoms with van der Waals surface area (Å²) in [6, 6.07) is 16.0. The first kappa shape index (κ1) is 20.6. The van der Waals surface area contributed by atoms with Gasteiger partial charge >= 0.3 is 0 Å². The van der Waals surface area contributed by atoms with Crippen molar-refractivity contribution >= 4 is 29.3 Å². The molecule has 3 aromatic carbocycles. The molecule has 1 fully saturated rings. The van der Waals surface area contributed by atoms with Gasteiger partial charge in [0.2, 0.25) is 0 Å². The lowest BCUT2D eigenvalue weighted by Gasteiger charge is -2.33. The first-order valence-corrected chi connectivity index (χ1v) is 11.0. The molecule has 1 atom stereocenters. The number of amides is 2. The zero-order valence-corrected chi connectivity index (χ0v) is 17.5. The third kappa shape index (κ3) is 3.09. The van der Waals surface area contributed by atoms with Gasteiger partial charge in [0.15, 0.2) is 16.5 Å². The van der Waals surface area contributed by atoms with Crippen molar-refractivity contribution in [3.63, 3.8) is 0 Å². The van der Waals surface area contributed by atoms with Crippen LogP contribution in [0.3, 0.4) is 0 Å². The second-order valence-corrected chi connectivity index (χ2v) is 8.90. The lowest BCUT2D eigenvalue weighted by Crippen LogP contribution is -2.50. The third-order valence-electron chi connectivity index (χ3n) is 5.74. The number of anilines is 1. The van der Waals surface area contributed by atoms with Crippen molar-refractivity contribution in [2.24, 2.45) is 0 Å². The Morgan fingerprint density at radius 2 is 1.78 bits per heavy atom. The molecule has 0 saturated carbocycles. The quantitative estimate of drug-likeness (QED) is 0.577. The summed E-state index contributed by atoms with van der Waals surface area (Å²) in [5, 5.41) is 0. The Bertz CT molecular complexity index is 1250. The molecule has 0 aromatic heterocycles. The molecule has 0 N–H and O–H groups in total. The molecule has 162 valence electrons. The van der Waals surface area contributed by atoms with Crippen LogP contribution in [0.2, 0.25) is 0 Å². The van der Waals surface area contributed by atoms with Crippen LogP contribution in [-0.2, 0) is 16.2 Å². The monoisotopic (exact) mass is 454 g/mol. The van der Waals surface area contributed by atoms with Crippen molar-refractivity contribution in [3.05, 3.63) is 101 Å². The number of hydrogen-bond donors (Lipinski definition) is 0. The van der Waals surface area contributed by atoms with E-state index in [1.54, 1.807) is 24.3 Å². The number of benzene rings is 3. The van der Waals surface area contributed by atoms with Crippen molar-refractivity contribution in [1.29, 1.82) is 0 Å². The number of thioether (sulfide) groups is 1. The smallest absolute Gasteiger partial charge is 0.268 e. The Morgan fingerprint density at radius 1 is 0.969 bits per heavy atom. The van der Waals surface area contributed by atoms with E-state index < -0.39 is 28.2 Å². The number of carbonyl (C=O) groups excluding carboxylic acids is 2. The molecular formula is C24H17F3N2O2S. The highest BCUT2D eigenvalue weighted by atomic mass is 32.2. The highest BCUT2D eigenvalue weighted by Crippen LogP contribution is 2.54. The molecule has 1 saturated heterocycles. The fourth-order valence-corrected chi connectivity index (χ4v) is 5.78. The number of halogens is 3. The van der Waals surface area contributed by atoms with Crippen LogP contribution in [0.4, 0.5) is 18.9 Å². The lowest BCUT2D eigenvalue weighted by atomic mass is 10.0. The van der Waals surface area contributed by atoms with Crippen molar-refractivity contribution in [1.82, 2.24) is 4.90 Å². The predicted octanol–water partition coefficient (Wildman–Crippen LogP) is 4.69. The first-order chi connectivity index (χ1) is 15.4. The molecule has 0 aliphatic carbocycles. The van der Waals surface area contributed by atoms with Crippen LogP contribution in [-0.4, -0.2) is 29.0 Å². The van der Waals surface area contributed by atoms with Gasteiger partial charge in [0.05, 0.1) is 12.2 Å². The molecule has 2 heterocycles. The Morgan fingerprint density at radius 3 is 2.56 bits per heavy atom. The van der Waals surface area contributed by atoms with Gasteiger partial charge < -0.3 is 9.80 Å². The maximum atomic E-state index is 13.8. The van der Waals surface area contributed by atoms with Gasteiger partial charge in [-0.1, -0.05) is 30.3 Å². The van der Waals surface area contributed by atoms with Crippen LogP contribution in [0.25, 0.3) is 0 Å². The fraction of sp³-hybridized carbons (Fsp3) is 0.167. The van der Waals surface area contributed by atoms with Crippen molar-refractivity contribution in [2.75, 3.05) is 17.2 Å². The van der Waals surface area contributed by atoms with E-state index in [1.807, 2.05) is 0 Å². The highest BCUT2D eigenvalue weighted by molar-refractivity contribution is 8.01. The number of rotatable bonds is 3. The summed E-state index contributed by atoms with van der Waals surface area (Å²) in [6.45, 7) is 0.344. The summed E-state index contributed by atoms with van der Waals surface area (Å²) in [6.07, 6.45) is 0. The SMILES string of the molecule is O=C(c1cccc(F)c1)N1CCS[C@]12C(=O)N(Cc1ccc(F)c(F)c1)c1ccccc12. The first-order valence-electron chi connectivity index (χ1n) is 9.99. The Kier molecular flexibility index (Phi) is 4.97. The molecule has 32 heavy (non-hydrogen) atoms. The number of fused-ring (bicyclic) bond motifs is 2. The van der Waals surface area contributed by atoms with Gasteiger partial charge in [0.25, 0.3) is 11.8 Å². The van der Waals surface area contributed by atoms with Crippen LogP contribution in [0, 0.1) is 17.5 Å². The summed E-state index contributed by atoms with van der Waals surface area (Å²) >= 11 is 1.34. The van der Waals surface area contributed by atoms with Gasteiger partial charge in [-0.25, -0.2) is 13.2 Å². The minimum absolute atomic E-state index is 0.0252. The van der Waals surface area contributed by atoms with E-state index in [2.05, 4.69) is 0 Å². The molecule has 3 aromatic rings. The van der Waals surface area contributed by atoms with E-state index in [0.717, 1.165) is 18.2 Å². The Labute approximate surface area is 186 Å². The van der Waals surface area contributed by atoms with Gasteiger partial charge in [0.1, 0.15) is 5.82 Å². The molecule has 2 aliphatic heterocycles. The molecule has 0 unspecified atom stereocenters. The van der Waals surface area contributed by atoms with E-state index >= 15 is 0 Å². The Hall–Kier alpha value is -3.26. The predicted molar refractivity (Wildman–Crippen MR) is 116 cm³/mol. The normalized spacial score (nSPS) is 19.7. The second kappa shape index (κ2) is 7.70. The average Bonchev–Trinajstić information content (AvgIpc) is 3.33. The molecule has 0 radical (unpaired) electrons. The number of para-hydroxylation sites is 1. The van der Waals surface area contributed by atoms with Crippen molar-refractivity contribution in [2.45, 2.75) is 11.4 Å². The molecule has 4 nitrogen and oxygen atoms in total. The summed E-state index contributed by atoms with van der Waals surface area (Å²) in [5.41, 5.74) is 1.85. The molecule has 1 spiro atoms. The number of hydrogen-bond acceptors (Lipinski definition) is 3. The van der Waals surface area contributed by atoms with E-state index in [9.17, 15) is 22.8 Å². The summed E-state index contributed by atoms with van der Waals surface area (Å²) in [4.78, 5) is 28.9. The van der Waals surface area contributed by atoms with Crippen LogP contribution < -0.4 is 4.90 Å². The highest BCUT2D eigenvalue weighted by Gasteiger charge is 2.59. The molecule has 8 heteroatoms. The van der Waals surface area contributed by atoms with Crippen LogP contribution in [0.5, 0.6) is 0 Å². The van der Waals surface area contributed by atoms with Crippen LogP contribution in [0.1, 0.15) is 21.5 Å². The summed E-state index contributed by atoms with van der Waals surface area (Å²) in [5.74, 6) is -2.73. The third-order valence-corrected chi connectivity index (χ3v) is 7.16. The zero-order valence-electron chi connectivity index (χ0n) is 16.7. The second-order valence-electron chi connectivity index (χ2n) is 7.62. The van der Waals surface area contributed by atoms with Crippen molar-refractivity contribution < 1.29 is 22.8 Å². The number of nitrogens with zero attached hydrogens (tertiary/aromatic N) is 2. The average molecular weight is 454 g/mol. The van der Waals surface area contributed by atoms with E-state index in [4.69, 9.17) is 0 Å². The molecule has 5 rings (SSSR count). The van der Waals surface area contributed by atoms with Gasteiger partial charge in [-0.05, 0) is 42.0 Å². The minimum atomic E-state index is -1.29. The maximum absolute atomic E-state index is 13.8. The number of carbonyl (C=O) groups is 2. The van der Waals surface area contributed by atoms with Gasteiger partial charge in [0, 0.05) is 23.4 Å². The van der Waals surface area contributed by atoms with Crippen LogP contribution >= 0.6 is 11.8 Å². The largest absolute Gasteiger partial charge is 0.311 e. The van der Waals surface area contributed by atoms with E-state index in [1.165, 1.54) is 45.8 Å². The van der Waals surface area contributed by atoms with Gasteiger partial charge in [-0.3, -0.25) is 9.59 Å². The minimum Gasteiger partial charge on any atom is -0.311 e. The van der Waals surface area contributed by atoms with Crippen LogP contribution in [0.15, 0.2) is 66.7 Å². The lowest BCUT2D eigenvalue weighted by molar-refractivity contribution is -0.123. The van der Waals surface area contributed by atoms with E-state index in [0.29, 0.717) is 29.1 Å². The Balaban J connectivity index is 1.57. The molecule has 2 aliphatic rings. The van der Waals surface area contributed by atoms with Crippen molar-refractivity contribution in [3.8, 4) is 0 Å². The fourth-order valence-electron chi connectivity index (χ4n) is 4.32. The molecule has 2 amide bonds. The standard InChI is InChI=1S/C24H17F3N2O2S/c25-17-5-3-4-16(13-17)22(30)29-10-11-32-24(29)18-6-1-2-7-21(18)28(23(24)31)14-15-8-9-19(26)20(27)12-15/h1-9,12-13H,10-11,14H2/t24-/m1/s1. The molecule has 0 bridgehead atoms. The maximum Gasteiger partial charge on any atom is 0.268 e. The van der Waals surface area contributed by atoms with Gasteiger partial charge in [-0.2, -0.15) is 0 Å². The summed E-state index contributed by atoms with van der Waals surface area (Å²) < 4.78 is 40.9. The zero-order chi connectivity index (χ0) is 22.5. The topological polar surface area (TPSA) is 40.6 Å². The van der Waals surface area contributed by atoms with Gasteiger partial charge in [-0.15, -0.1) is 11.8 Å². The molecular weight excluding hydrogens is 437 g/mol.